The van der Waals surface area contributed by atoms with Crippen molar-refractivity contribution in [3.05, 3.63) is 23.3 Å². The SMILES string of the molecule is CNC(CC(C)N)c1ccc(OC)c(C)c1OC. The zero-order valence-corrected chi connectivity index (χ0v) is 11.9. The van der Waals surface area contributed by atoms with E-state index in [1.54, 1.807) is 14.2 Å². The first-order valence-corrected chi connectivity index (χ1v) is 6.19. The summed E-state index contributed by atoms with van der Waals surface area (Å²) >= 11 is 0. The van der Waals surface area contributed by atoms with Crippen LogP contribution in [0, 0.1) is 6.92 Å². The maximum atomic E-state index is 5.89. The number of methoxy groups -OCH3 is 2. The molecule has 18 heavy (non-hydrogen) atoms. The van der Waals surface area contributed by atoms with Crippen molar-refractivity contribution in [2.45, 2.75) is 32.4 Å². The highest BCUT2D eigenvalue weighted by atomic mass is 16.5. The number of hydrogen-bond donors (Lipinski definition) is 2. The van der Waals surface area contributed by atoms with E-state index in [-0.39, 0.29) is 12.1 Å². The number of benzene rings is 1. The zero-order chi connectivity index (χ0) is 13.7. The summed E-state index contributed by atoms with van der Waals surface area (Å²) in [6.07, 6.45) is 0.860. The van der Waals surface area contributed by atoms with Gasteiger partial charge in [-0.25, -0.2) is 0 Å². The number of nitrogens with one attached hydrogen (secondary N) is 1. The fraction of sp³-hybridized carbons (Fsp3) is 0.571. The Morgan fingerprint density at radius 2 is 1.94 bits per heavy atom. The lowest BCUT2D eigenvalue weighted by molar-refractivity contribution is 0.376. The molecule has 3 N–H and O–H groups in total. The number of ether oxygens (including phenoxy) is 2. The molecule has 102 valence electrons. The molecule has 4 nitrogen and oxygen atoms in total. The van der Waals surface area contributed by atoms with E-state index in [1.807, 2.05) is 33.0 Å². The molecule has 4 heteroatoms. The molecule has 0 aliphatic carbocycles. The Labute approximate surface area is 109 Å². The van der Waals surface area contributed by atoms with E-state index in [1.165, 1.54) is 0 Å². The van der Waals surface area contributed by atoms with Gasteiger partial charge >= 0.3 is 0 Å². The third-order valence-electron chi connectivity index (χ3n) is 3.14. The quantitative estimate of drug-likeness (QED) is 0.813. The highest BCUT2D eigenvalue weighted by Crippen LogP contribution is 2.35. The molecular weight excluding hydrogens is 228 g/mol. The Morgan fingerprint density at radius 1 is 1.28 bits per heavy atom. The van der Waals surface area contributed by atoms with Gasteiger partial charge in [0.05, 0.1) is 14.2 Å². The predicted molar refractivity (Wildman–Crippen MR) is 74.4 cm³/mol. The first-order chi connectivity index (χ1) is 8.54. The Hall–Kier alpha value is -1.26. The van der Waals surface area contributed by atoms with Gasteiger partial charge < -0.3 is 20.5 Å². The molecule has 2 unspecified atom stereocenters. The van der Waals surface area contributed by atoms with E-state index < -0.39 is 0 Å². The molecule has 0 aliphatic heterocycles. The van der Waals surface area contributed by atoms with Crippen LogP contribution in [0.2, 0.25) is 0 Å². The Bertz CT molecular complexity index is 392. The summed E-state index contributed by atoms with van der Waals surface area (Å²) in [5.41, 5.74) is 8.02. The van der Waals surface area contributed by atoms with Gasteiger partial charge in [-0.2, -0.15) is 0 Å². The van der Waals surface area contributed by atoms with Gasteiger partial charge in [-0.15, -0.1) is 0 Å². The van der Waals surface area contributed by atoms with Gasteiger partial charge in [-0.05, 0) is 33.4 Å². The molecule has 0 saturated heterocycles. The van der Waals surface area contributed by atoms with Gasteiger partial charge in [0.2, 0.25) is 0 Å². The van der Waals surface area contributed by atoms with Crippen LogP contribution in [0.25, 0.3) is 0 Å². The molecule has 0 spiro atoms. The monoisotopic (exact) mass is 252 g/mol. The number of nitrogens with two attached hydrogens (primary N) is 1. The van der Waals surface area contributed by atoms with Crippen LogP contribution < -0.4 is 20.5 Å². The molecule has 0 aliphatic rings. The van der Waals surface area contributed by atoms with Crippen molar-refractivity contribution >= 4 is 0 Å². The summed E-state index contributed by atoms with van der Waals surface area (Å²) in [7, 11) is 5.29. The summed E-state index contributed by atoms with van der Waals surface area (Å²) in [5.74, 6) is 1.71. The van der Waals surface area contributed by atoms with E-state index in [0.717, 1.165) is 29.0 Å². The van der Waals surface area contributed by atoms with Crippen molar-refractivity contribution in [2.75, 3.05) is 21.3 Å². The highest BCUT2D eigenvalue weighted by Gasteiger charge is 2.19. The lowest BCUT2D eigenvalue weighted by Gasteiger charge is -2.23. The maximum absolute atomic E-state index is 5.89. The minimum absolute atomic E-state index is 0.134. The second kappa shape index (κ2) is 6.61. The van der Waals surface area contributed by atoms with Gasteiger partial charge in [-0.1, -0.05) is 6.07 Å². The van der Waals surface area contributed by atoms with Crippen LogP contribution in [-0.2, 0) is 0 Å². The maximum Gasteiger partial charge on any atom is 0.130 e. The fourth-order valence-corrected chi connectivity index (χ4v) is 2.23. The molecule has 0 aromatic heterocycles. The average Bonchev–Trinajstić information content (AvgIpc) is 2.35. The molecule has 0 amide bonds. The fourth-order valence-electron chi connectivity index (χ4n) is 2.23. The third-order valence-corrected chi connectivity index (χ3v) is 3.14. The van der Waals surface area contributed by atoms with E-state index in [4.69, 9.17) is 15.2 Å². The molecular formula is C14H24N2O2. The first-order valence-electron chi connectivity index (χ1n) is 6.19. The minimum Gasteiger partial charge on any atom is -0.496 e. The van der Waals surface area contributed by atoms with Crippen molar-refractivity contribution in [1.82, 2.24) is 5.32 Å². The molecule has 1 aromatic rings. The summed E-state index contributed by atoms with van der Waals surface area (Å²) in [6.45, 7) is 4.01. The van der Waals surface area contributed by atoms with Crippen LogP contribution in [0.15, 0.2) is 12.1 Å². The second-order valence-electron chi connectivity index (χ2n) is 4.57. The van der Waals surface area contributed by atoms with Crippen LogP contribution in [-0.4, -0.2) is 27.3 Å². The summed E-state index contributed by atoms with van der Waals surface area (Å²) in [6, 6.07) is 4.33. The van der Waals surface area contributed by atoms with Crippen molar-refractivity contribution in [3.63, 3.8) is 0 Å². The minimum atomic E-state index is 0.134. The zero-order valence-electron chi connectivity index (χ0n) is 11.9. The lowest BCUT2D eigenvalue weighted by atomic mass is 9.97. The molecule has 0 bridgehead atoms. The van der Waals surface area contributed by atoms with E-state index in [2.05, 4.69) is 5.32 Å². The molecule has 1 aromatic carbocycles. The van der Waals surface area contributed by atoms with Crippen LogP contribution in [0.3, 0.4) is 0 Å². The summed E-state index contributed by atoms with van der Waals surface area (Å²) < 4.78 is 10.8. The lowest BCUT2D eigenvalue weighted by Crippen LogP contribution is -2.26. The topological polar surface area (TPSA) is 56.5 Å². The Kier molecular flexibility index (Phi) is 5.44. The summed E-state index contributed by atoms with van der Waals surface area (Å²) in [5, 5.41) is 3.29. The standard InChI is InChI=1S/C14H24N2O2/c1-9(15)8-12(16-3)11-6-7-13(17-4)10(2)14(11)18-5/h6-7,9,12,16H,8,15H2,1-5H3. The van der Waals surface area contributed by atoms with Crippen molar-refractivity contribution in [2.24, 2.45) is 5.73 Å². The van der Waals surface area contributed by atoms with Gasteiger partial charge in [-0.3, -0.25) is 0 Å². The van der Waals surface area contributed by atoms with Gasteiger partial charge in [0, 0.05) is 23.2 Å². The van der Waals surface area contributed by atoms with Crippen molar-refractivity contribution in [1.29, 1.82) is 0 Å². The smallest absolute Gasteiger partial charge is 0.130 e. The highest BCUT2D eigenvalue weighted by molar-refractivity contribution is 5.50. The largest absolute Gasteiger partial charge is 0.496 e. The van der Waals surface area contributed by atoms with E-state index in [9.17, 15) is 0 Å². The summed E-state index contributed by atoms with van der Waals surface area (Å²) in [4.78, 5) is 0. The molecule has 0 fully saturated rings. The molecule has 1 rings (SSSR count). The second-order valence-corrected chi connectivity index (χ2v) is 4.57. The Balaban J connectivity index is 3.18. The Morgan fingerprint density at radius 3 is 2.39 bits per heavy atom. The average molecular weight is 252 g/mol. The molecule has 2 atom stereocenters. The molecule has 0 saturated carbocycles. The van der Waals surface area contributed by atoms with E-state index in [0.29, 0.717) is 0 Å². The van der Waals surface area contributed by atoms with Gasteiger partial charge in [0.1, 0.15) is 11.5 Å². The van der Waals surface area contributed by atoms with Gasteiger partial charge in [0.25, 0.3) is 0 Å². The predicted octanol–water partition coefficient (Wildman–Crippen LogP) is 2.01. The van der Waals surface area contributed by atoms with Gasteiger partial charge in [0.15, 0.2) is 0 Å². The molecule has 0 radical (unpaired) electrons. The third kappa shape index (κ3) is 3.15. The molecule has 0 heterocycles. The van der Waals surface area contributed by atoms with Crippen LogP contribution in [0.4, 0.5) is 0 Å². The van der Waals surface area contributed by atoms with E-state index >= 15 is 0 Å². The van der Waals surface area contributed by atoms with Crippen molar-refractivity contribution < 1.29 is 9.47 Å². The van der Waals surface area contributed by atoms with Crippen LogP contribution in [0.1, 0.15) is 30.5 Å². The van der Waals surface area contributed by atoms with Crippen LogP contribution in [0.5, 0.6) is 11.5 Å². The van der Waals surface area contributed by atoms with Crippen molar-refractivity contribution in [3.8, 4) is 11.5 Å². The first kappa shape index (κ1) is 14.8. The number of rotatable bonds is 6. The number of hydrogen-bond acceptors (Lipinski definition) is 4. The normalized spacial score (nSPS) is 14.1. The van der Waals surface area contributed by atoms with Crippen LogP contribution >= 0.6 is 0 Å².